The molecule has 1 rings (SSSR count). The normalized spacial score (nSPS) is 7.00. The molecular weight excluding hydrogens is 118 g/mol. The summed E-state index contributed by atoms with van der Waals surface area (Å²) in [6, 6.07) is 3.47. The molecule has 0 spiro atoms. The van der Waals surface area contributed by atoms with Gasteiger partial charge in [-0.1, -0.05) is 0 Å². The molecule has 0 saturated carbocycles. The minimum absolute atomic E-state index is 0. The van der Waals surface area contributed by atoms with Crippen LogP contribution in [0.2, 0.25) is 0 Å². The Balaban J connectivity index is 0.000000640. The van der Waals surface area contributed by atoms with E-state index in [0.717, 1.165) is 0 Å². The summed E-state index contributed by atoms with van der Waals surface area (Å²) in [5, 5.41) is 8.16. The molecule has 1 heterocycles. The summed E-state index contributed by atoms with van der Waals surface area (Å²) in [5.74, 6) is 0.215. The van der Waals surface area contributed by atoms with E-state index in [2.05, 4.69) is 9.97 Å². The van der Waals surface area contributed by atoms with E-state index < -0.39 is 0 Å². The molecule has 0 aliphatic heterocycles. The molecule has 0 unspecified atom stereocenters. The smallest absolute Gasteiger partial charge is 0.232 e. The van der Waals surface area contributed by atoms with Crippen LogP contribution in [0.3, 0.4) is 0 Å². The maximum atomic E-state index is 8.16. The standard InChI is InChI=1S/C5H3N3.H2O/c6-4-5-7-2-1-3-8-5;/h1-3H;1H2. The van der Waals surface area contributed by atoms with Crippen molar-refractivity contribution < 1.29 is 5.48 Å². The van der Waals surface area contributed by atoms with E-state index in [9.17, 15) is 0 Å². The largest absolute Gasteiger partial charge is 0.412 e. The molecule has 1 aromatic rings. The van der Waals surface area contributed by atoms with Gasteiger partial charge in [0.1, 0.15) is 6.07 Å². The van der Waals surface area contributed by atoms with Gasteiger partial charge < -0.3 is 5.48 Å². The summed E-state index contributed by atoms with van der Waals surface area (Å²) >= 11 is 0. The molecule has 0 atom stereocenters. The van der Waals surface area contributed by atoms with E-state index in [-0.39, 0.29) is 11.3 Å². The summed E-state index contributed by atoms with van der Waals surface area (Å²) in [4.78, 5) is 7.25. The monoisotopic (exact) mass is 123 g/mol. The Morgan fingerprint density at radius 2 is 1.89 bits per heavy atom. The topological polar surface area (TPSA) is 81.1 Å². The molecule has 0 amide bonds. The third-order valence-electron chi connectivity index (χ3n) is 0.666. The lowest BCUT2D eigenvalue weighted by atomic mass is 10.6. The maximum absolute atomic E-state index is 8.16. The molecule has 0 aliphatic carbocycles. The summed E-state index contributed by atoms with van der Waals surface area (Å²) in [7, 11) is 0. The van der Waals surface area contributed by atoms with Gasteiger partial charge in [-0.15, -0.1) is 0 Å². The molecule has 4 heteroatoms. The third kappa shape index (κ3) is 1.84. The van der Waals surface area contributed by atoms with Crippen LogP contribution in [0, 0.1) is 11.3 Å². The van der Waals surface area contributed by atoms with Crippen LogP contribution in [0.25, 0.3) is 0 Å². The van der Waals surface area contributed by atoms with Crippen LogP contribution < -0.4 is 0 Å². The van der Waals surface area contributed by atoms with Crippen molar-refractivity contribution in [1.29, 1.82) is 5.26 Å². The highest BCUT2D eigenvalue weighted by Crippen LogP contribution is 1.79. The summed E-state index contributed by atoms with van der Waals surface area (Å²) in [6.45, 7) is 0. The van der Waals surface area contributed by atoms with Gasteiger partial charge in [0.15, 0.2) is 0 Å². The van der Waals surface area contributed by atoms with Gasteiger partial charge in [-0.3, -0.25) is 0 Å². The van der Waals surface area contributed by atoms with Gasteiger partial charge in [0.25, 0.3) is 0 Å². The van der Waals surface area contributed by atoms with Crippen LogP contribution >= 0.6 is 0 Å². The number of hydrogen-bond donors (Lipinski definition) is 0. The van der Waals surface area contributed by atoms with Crippen molar-refractivity contribution in [2.24, 2.45) is 0 Å². The maximum Gasteiger partial charge on any atom is 0.232 e. The van der Waals surface area contributed by atoms with Crippen molar-refractivity contribution in [3.8, 4) is 6.07 Å². The molecule has 0 fully saturated rings. The zero-order chi connectivity index (χ0) is 5.82. The second-order valence-electron chi connectivity index (χ2n) is 1.18. The Bertz CT molecular complexity index is 203. The van der Waals surface area contributed by atoms with Crippen LogP contribution in [0.4, 0.5) is 0 Å². The van der Waals surface area contributed by atoms with Gasteiger partial charge in [-0.05, 0) is 6.07 Å². The average Bonchev–Trinajstić information content (AvgIpc) is 1.90. The first-order valence-electron chi connectivity index (χ1n) is 2.10. The van der Waals surface area contributed by atoms with Gasteiger partial charge in [-0.25, -0.2) is 9.97 Å². The Morgan fingerprint density at radius 3 is 2.22 bits per heavy atom. The first-order chi connectivity index (χ1) is 3.93. The number of aromatic nitrogens is 2. The highest BCUT2D eigenvalue weighted by Gasteiger charge is 1.83. The van der Waals surface area contributed by atoms with Crippen LogP contribution in [-0.4, -0.2) is 15.4 Å². The lowest BCUT2D eigenvalue weighted by Gasteiger charge is -1.78. The lowest BCUT2D eigenvalue weighted by Crippen LogP contribution is -1.82. The molecule has 4 nitrogen and oxygen atoms in total. The SMILES string of the molecule is N#Cc1ncccn1.O. The quantitative estimate of drug-likeness (QED) is 0.467. The highest BCUT2D eigenvalue weighted by atomic mass is 16.0. The fourth-order valence-electron chi connectivity index (χ4n) is 0.357. The van der Waals surface area contributed by atoms with Gasteiger partial charge >= 0.3 is 0 Å². The van der Waals surface area contributed by atoms with Crippen LogP contribution in [0.5, 0.6) is 0 Å². The molecule has 2 N–H and O–H groups in total. The predicted octanol–water partition coefficient (Wildman–Crippen LogP) is -0.476. The van der Waals surface area contributed by atoms with Crippen molar-refractivity contribution in [2.75, 3.05) is 0 Å². The van der Waals surface area contributed by atoms with Crippen molar-refractivity contribution in [1.82, 2.24) is 9.97 Å². The molecule has 1 aromatic heterocycles. The van der Waals surface area contributed by atoms with Crippen molar-refractivity contribution in [2.45, 2.75) is 0 Å². The summed E-state index contributed by atoms with van der Waals surface area (Å²) in [5.41, 5.74) is 0. The molecule has 0 saturated heterocycles. The van der Waals surface area contributed by atoms with E-state index in [0.29, 0.717) is 0 Å². The van der Waals surface area contributed by atoms with Crippen LogP contribution in [-0.2, 0) is 0 Å². The van der Waals surface area contributed by atoms with E-state index in [1.165, 1.54) is 12.4 Å². The highest BCUT2D eigenvalue weighted by molar-refractivity contribution is 5.06. The molecule has 0 aliphatic rings. The third-order valence-corrected chi connectivity index (χ3v) is 0.666. The molecule has 46 valence electrons. The van der Waals surface area contributed by atoms with Gasteiger partial charge in [0.2, 0.25) is 5.82 Å². The first kappa shape index (κ1) is 7.53. The minimum atomic E-state index is 0. The van der Waals surface area contributed by atoms with E-state index in [1.807, 2.05) is 0 Å². The Kier molecular flexibility index (Phi) is 2.95. The summed E-state index contributed by atoms with van der Waals surface area (Å²) in [6.07, 6.45) is 3.07. The van der Waals surface area contributed by atoms with Crippen LogP contribution in [0.15, 0.2) is 18.5 Å². The van der Waals surface area contributed by atoms with Gasteiger partial charge in [0, 0.05) is 12.4 Å². The number of nitrogens with zero attached hydrogens (tertiary/aromatic N) is 3. The molecule has 9 heavy (non-hydrogen) atoms. The van der Waals surface area contributed by atoms with Crippen molar-refractivity contribution in [3.05, 3.63) is 24.3 Å². The average molecular weight is 123 g/mol. The zero-order valence-corrected chi connectivity index (χ0v) is 4.57. The molecule has 0 bridgehead atoms. The second-order valence-corrected chi connectivity index (χ2v) is 1.18. The zero-order valence-electron chi connectivity index (χ0n) is 4.57. The predicted molar refractivity (Wildman–Crippen MR) is 30.4 cm³/mol. The Morgan fingerprint density at radius 1 is 1.33 bits per heavy atom. The van der Waals surface area contributed by atoms with Crippen molar-refractivity contribution >= 4 is 0 Å². The van der Waals surface area contributed by atoms with E-state index in [1.54, 1.807) is 12.1 Å². The van der Waals surface area contributed by atoms with Crippen molar-refractivity contribution in [3.63, 3.8) is 0 Å². The summed E-state index contributed by atoms with van der Waals surface area (Å²) < 4.78 is 0. The van der Waals surface area contributed by atoms with Crippen LogP contribution in [0.1, 0.15) is 5.82 Å². The van der Waals surface area contributed by atoms with E-state index >= 15 is 0 Å². The molecular formula is C5H5N3O. The number of hydrogen-bond acceptors (Lipinski definition) is 3. The lowest BCUT2D eigenvalue weighted by molar-refractivity contribution is 0.824. The number of nitriles is 1. The fourth-order valence-corrected chi connectivity index (χ4v) is 0.357. The second kappa shape index (κ2) is 3.52. The first-order valence-corrected chi connectivity index (χ1v) is 2.10. The minimum Gasteiger partial charge on any atom is -0.412 e. The molecule has 0 aromatic carbocycles. The van der Waals surface area contributed by atoms with Gasteiger partial charge in [0.05, 0.1) is 0 Å². The Hall–Kier alpha value is -1.47. The fraction of sp³-hybridized carbons (Fsp3) is 0. The number of rotatable bonds is 0. The van der Waals surface area contributed by atoms with E-state index in [4.69, 9.17) is 5.26 Å². The van der Waals surface area contributed by atoms with Gasteiger partial charge in [-0.2, -0.15) is 5.26 Å². The Labute approximate surface area is 52.1 Å². The molecule has 0 radical (unpaired) electrons.